The second kappa shape index (κ2) is 7.31. The van der Waals surface area contributed by atoms with Crippen molar-refractivity contribution >= 4 is 5.91 Å². The first-order valence-corrected chi connectivity index (χ1v) is 8.59. The molecular weight excluding hydrogens is 320 g/mol. The Morgan fingerprint density at radius 1 is 1.52 bits per heavy atom. The number of furan rings is 1. The molecule has 1 amide bonds. The van der Waals surface area contributed by atoms with Crippen LogP contribution in [-0.2, 0) is 18.4 Å². The van der Waals surface area contributed by atoms with Crippen LogP contribution in [0.2, 0.25) is 0 Å². The van der Waals surface area contributed by atoms with E-state index in [0.29, 0.717) is 13.1 Å². The first kappa shape index (κ1) is 17.5. The highest BCUT2D eigenvalue weighted by Crippen LogP contribution is 2.38. The molecule has 1 saturated heterocycles. The van der Waals surface area contributed by atoms with Crippen molar-refractivity contribution in [2.45, 2.75) is 32.4 Å². The Kier molecular flexibility index (Phi) is 5.13. The number of methoxy groups -OCH3 is 1. The summed E-state index contributed by atoms with van der Waals surface area (Å²) in [6, 6.07) is 3.89. The zero-order chi connectivity index (χ0) is 18.0. The predicted octanol–water partition coefficient (Wildman–Crippen LogP) is 2.13. The van der Waals surface area contributed by atoms with Crippen molar-refractivity contribution < 1.29 is 13.9 Å². The number of hydrogen-bond acceptors (Lipinski definition) is 5. The molecule has 136 valence electrons. The van der Waals surface area contributed by atoms with Gasteiger partial charge in [-0.3, -0.25) is 9.69 Å². The van der Waals surface area contributed by atoms with Gasteiger partial charge in [0.1, 0.15) is 5.76 Å². The smallest absolute Gasteiger partial charge is 0.236 e. The number of rotatable bonds is 6. The predicted molar refractivity (Wildman–Crippen MR) is 93.2 cm³/mol. The fourth-order valence-electron chi connectivity index (χ4n) is 3.64. The average molecular weight is 346 g/mol. The number of amides is 1. The number of likely N-dealkylation sites (tertiary alicyclic amines) is 1. The second-order valence-electron chi connectivity index (χ2n) is 6.59. The molecule has 0 spiro atoms. The number of ether oxygens (including phenoxy) is 1. The average Bonchev–Trinajstić information content (AvgIpc) is 3.28. The normalized spacial score (nSPS) is 17.8. The van der Waals surface area contributed by atoms with Crippen LogP contribution in [0.3, 0.4) is 0 Å². The maximum absolute atomic E-state index is 12.6. The summed E-state index contributed by atoms with van der Waals surface area (Å²) in [5.74, 6) is 1.66. The molecule has 2 aromatic heterocycles. The van der Waals surface area contributed by atoms with Gasteiger partial charge in [-0.05, 0) is 38.4 Å². The Balaban J connectivity index is 1.71. The van der Waals surface area contributed by atoms with Crippen molar-refractivity contribution in [3.05, 3.63) is 35.4 Å². The maximum atomic E-state index is 12.6. The molecule has 0 N–H and O–H groups in total. The molecule has 2 aromatic rings. The minimum absolute atomic E-state index is 0.0869. The number of carbonyl (C=O) groups is 1. The lowest BCUT2D eigenvalue weighted by molar-refractivity contribution is -0.132. The van der Waals surface area contributed by atoms with Crippen LogP contribution >= 0.6 is 0 Å². The third kappa shape index (κ3) is 3.56. The Hall–Kier alpha value is -2.28. The fourth-order valence-corrected chi connectivity index (χ4v) is 3.64. The summed E-state index contributed by atoms with van der Waals surface area (Å²) in [6.45, 7) is 3.78. The highest BCUT2D eigenvalue weighted by Gasteiger charge is 2.33. The number of likely N-dealkylation sites (N-methyl/N-ethyl adjacent to an activating group) is 1. The Labute approximate surface area is 148 Å². The van der Waals surface area contributed by atoms with Gasteiger partial charge in [-0.15, -0.1) is 0 Å². The summed E-state index contributed by atoms with van der Waals surface area (Å²) in [5, 5.41) is 4.48. The summed E-state index contributed by atoms with van der Waals surface area (Å²) >= 11 is 0. The lowest BCUT2D eigenvalue weighted by Gasteiger charge is -2.26. The molecule has 3 heterocycles. The summed E-state index contributed by atoms with van der Waals surface area (Å²) in [4.78, 5) is 16.6. The highest BCUT2D eigenvalue weighted by molar-refractivity contribution is 5.78. The van der Waals surface area contributed by atoms with Crippen LogP contribution in [0, 0.1) is 6.92 Å². The standard InChI is InChI=1S/C18H26N4O3/c1-13-17(18(24-4)21(3)19-13)15-8-5-9-22(15)12-16(23)20(2)11-14-7-6-10-25-14/h6-7,10,15H,5,8-9,11-12H2,1-4H3/t15-/m0/s1. The molecule has 1 fully saturated rings. The highest BCUT2D eigenvalue weighted by atomic mass is 16.5. The van der Waals surface area contributed by atoms with Gasteiger partial charge in [0.25, 0.3) is 0 Å². The first-order valence-electron chi connectivity index (χ1n) is 8.59. The molecule has 1 atom stereocenters. The zero-order valence-electron chi connectivity index (χ0n) is 15.4. The van der Waals surface area contributed by atoms with E-state index in [1.165, 1.54) is 0 Å². The molecule has 25 heavy (non-hydrogen) atoms. The Morgan fingerprint density at radius 3 is 3.00 bits per heavy atom. The van der Waals surface area contributed by atoms with E-state index in [9.17, 15) is 4.79 Å². The van der Waals surface area contributed by atoms with E-state index in [4.69, 9.17) is 9.15 Å². The minimum atomic E-state index is 0.0869. The van der Waals surface area contributed by atoms with Gasteiger partial charge in [0.15, 0.2) is 0 Å². The lowest BCUT2D eigenvalue weighted by Crippen LogP contribution is -2.38. The van der Waals surface area contributed by atoms with Crippen molar-refractivity contribution in [3.8, 4) is 5.88 Å². The van der Waals surface area contributed by atoms with Crippen molar-refractivity contribution in [1.82, 2.24) is 19.6 Å². The molecule has 1 aliphatic heterocycles. The van der Waals surface area contributed by atoms with Gasteiger partial charge < -0.3 is 14.1 Å². The summed E-state index contributed by atoms with van der Waals surface area (Å²) in [7, 11) is 5.37. The van der Waals surface area contributed by atoms with Gasteiger partial charge in [0.2, 0.25) is 11.8 Å². The molecule has 1 aliphatic rings. The maximum Gasteiger partial charge on any atom is 0.236 e. The summed E-state index contributed by atoms with van der Waals surface area (Å²) < 4.78 is 12.6. The van der Waals surface area contributed by atoms with Gasteiger partial charge in [-0.25, -0.2) is 4.68 Å². The van der Waals surface area contributed by atoms with Crippen molar-refractivity contribution in [2.75, 3.05) is 27.2 Å². The van der Waals surface area contributed by atoms with Gasteiger partial charge in [-0.2, -0.15) is 5.10 Å². The van der Waals surface area contributed by atoms with E-state index in [2.05, 4.69) is 10.00 Å². The first-order chi connectivity index (χ1) is 12.0. The molecule has 7 heteroatoms. The van der Waals surface area contributed by atoms with Crippen LogP contribution in [0.1, 0.15) is 35.9 Å². The molecular formula is C18H26N4O3. The number of carbonyl (C=O) groups excluding carboxylic acids is 1. The topological polar surface area (TPSA) is 63.7 Å². The van der Waals surface area contributed by atoms with Crippen molar-refractivity contribution in [3.63, 3.8) is 0 Å². The second-order valence-corrected chi connectivity index (χ2v) is 6.59. The van der Waals surface area contributed by atoms with E-state index in [-0.39, 0.29) is 11.9 Å². The zero-order valence-corrected chi connectivity index (χ0v) is 15.4. The van der Waals surface area contributed by atoms with Crippen LogP contribution in [-0.4, -0.2) is 52.7 Å². The minimum Gasteiger partial charge on any atom is -0.481 e. The van der Waals surface area contributed by atoms with Crippen LogP contribution < -0.4 is 4.74 Å². The Morgan fingerprint density at radius 2 is 2.32 bits per heavy atom. The molecule has 0 aromatic carbocycles. The van der Waals surface area contributed by atoms with Crippen LogP contribution in [0.4, 0.5) is 0 Å². The number of hydrogen-bond donors (Lipinski definition) is 0. The van der Waals surface area contributed by atoms with Gasteiger partial charge in [0.05, 0.1) is 37.7 Å². The van der Waals surface area contributed by atoms with Gasteiger partial charge in [0, 0.05) is 20.1 Å². The SMILES string of the molecule is COc1c([C@@H]2CCCN2CC(=O)N(C)Cc2ccco2)c(C)nn1C. The Bertz CT molecular complexity index is 723. The van der Waals surface area contributed by atoms with Crippen molar-refractivity contribution in [2.24, 2.45) is 7.05 Å². The van der Waals surface area contributed by atoms with Gasteiger partial charge >= 0.3 is 0 Å². The molecule has 7 nitrogen and oxygen atoms in total. The summed E-state index contributed by atoms with van der Waals surface area (Å²) in [6.07, 6.45) is 3.71. The third-order valence-electron chi connectivity index (χ3n) is 4.84. The van der Waals surface area contributed by atoms with Crippen LogP contribution in [0.25, 0.3) is 0 Å². The molecule has 0 bridgehead atoms. The van der Waals surface area contributed by atoms with Crippen molar-refractivity contribution in [1.29, 1.82) is 0 Å². The number of aryl methyl sites for hydroxylation is 2. The monoisotopic (exact) mass is 346 g/mol. The quantitative estimate of drug-likeness (QED) is 0.802. The molecule has 0 aliphatic carbocycles. The lowest BCUT2D eigenvalue weighted by atomic mass is 10.0. The van der Waals surface area contributed by atoms with Crippen LogP contribution in [0.15, 0.2) is 22.8 Å². The molecule has 0 radical (unpaired) electrons. The summed E-state index contributed by atoms with van der Waals surface area (Å²) in [5.41, 5.74) is 2.07. The van der Waals surface area contributed by atoms with E-state index < -0.39 is 0 Å². The van der Waals surface area contributed by atoms with E-state index >= 15 is 0 Å². The molecule has 3 rings (SSSR count). The molecule has 0 unspecified atom stereocenters. The van der Waals surface area contributed by atoms with E-state index in [1.54, 1.807) is 23.0 Å². The van der Waals surface area contributed by atoms with Gasteiger partial charge in [-0.1, -0.05) is 0 Å². The molecule has 0 saturated carbocycles. The number of aromatic nitrogens is 2. The van der Waals surface area contributed by atoms with E-state index in [1.807, 2.05) is 33.2 Å². The fraction of sp³-hybridized carbons (Fsp3) is 0.556. The third-order valence-corrected chi connectivity index (χ3v) is 4.84. The largest absolute Gasteiger partial charge is 0.481 e. The van der Waals surface area contributed by atoms with E-state index in [0.717, 1.165) is 42.3 Å². The van der Waals surface area contributed by atoms with Crippen LogP contribution in [0.5, 0.6) is 5.88 Å². The number of nitrogens with zero attached hydrogens (tertiary/aromatic N) is 4.